The highest BCUT2D eigenvalue weighted by Gasteiger charge is 2.49. The molecule has 0 amide bonds. The maximum atomic E-state index is 10.4. The van der Waals surface area contributed by atoms with Gasteiger partial charge in [-0.2, -0.15) is 0 Å². The highest BCUT2D eigenvalue weighted by molar-refractivity contribution is 5.90. The monoisotopic (exact) mass is 298 g/mol. The second-order valence-corrected chi connectivity index (χ2v) is 7.03. The smallest absolute Gasteiger partial charge is 0.161 e. The van der Waals surface area contributed by atoms with E-state index >= 15 is 0 Å². The van der Waals surface area contributed by atoms with Gasteiger partial charge in [-0.25, -0.2) is 0 Å². The molecule has 0 heterocycles. The van der Waals surface area contributed by atoms with Crippen molar-refractivity contribution in [1.29, 1.82) is 0 Å². The second kappa shape index (κ2) is 4.63. The van der Waals surface area contributed by atoms with Crippen LogP contribution in [-0.4, -0.2) is 23.4 Å². The van der Waals surface area contributed by atoms with E-state index in [1.807, 2.05) is 6.07 Å². The van der Waals surface area contributed by atoms with Gasteiger partial charge in [0, 0.05) is 5.41 Å². The predicted molar refractivity (Wildman–Crippen MR) is 86.6 cm³/mol. The molecule has 116 valence electrons. The number of rotatable bonds is 1. The zero-order valence-corrected chi connectivity index (χ0v) is 13.1. The molecule has 0 aliphatic heterocycles. The van der Waals surface area contributed by atoms with Gasteiger partial charge in [0.05, 0.1) is 13.2 Å². The molecule has 2 aliphatic carbocycles. The number of phenolic OH excluding ortho intramolecular Hbond substituents is 1. The van der Waals surface area contributed by atoms with Gasteiger partial charge >= 0.3 is 0 Å². The summed E-state index contributed by atoms with van der Waals surface area (Å²) in [6.45, 7) is 2.24. The third-order valence-electron chi connectivity index (χ3n) is 6.04. The fourth-order valence-electron chi connectivity index (χ4n) is 4.65. The molecule has 3 atom stereocenters. The van der Waals surface area contributed by atoms with Crippen molar-refractivity contribution in [2.45, 2.75) is 44.6 Å². The highest BCUT2D eigenvalue weighted by atomic mass is 16.5. The van der Waals surface area contributed by atoms with Crippen LogP contribution in [0.15, 0.2) is 24.3 Å². The summed E-state index contributed by atoms with van der Waals surface area (Å²) >= 11 is 0. The third-order valence-corrected chi connectivity index (χ3v) is 6.04. The molecular formula is C19H22O3. The number of hydrogen-bond acceptors (Lipinski definition) is 3. The van der Waals surface area contributed by atoms with E-state index in [1.165, 1.54) is 16.5 Å². The van der Waals surface area contributed by atoms with E-state index in [4.69, 9.17) is 4.74 Å². The van der Waals surface area contributed by atoms with Crippen molar-refractivity contribution < 1.29 is 14.9 Å². The molecule has 2 aromatic carbocycles. The van der Waals surface area contributed by atoms with Crippen LogP contribution in [0.4, 0.5) is 0 Å². The maximum absolute atomic E-state index is 10.4. The maximum Gasteiger partial charge on any atom is 0.161 e. The number of aryl methyl sites for hydroxylation is 1. The minimum atomic E-state index is -0.185. The van der Waals surface area contributed by atoms with Crippen LogP contribution >= 0.6 is 0 Å². The summed E-state index contributed by atoms with van der Waals surface area (Å²) in [6, 6.07) is 8.02. The minimum absolute atomic E-state index is 0.0156. The topological polar surface area (TPSA) is 49.7 Å². The highest BCUT2D eigenvalue weighted by Crippen LogP contribution is 2.56. The summed E-state index contributed by atoms with van der Waals surface area (Å²) in [4.78, 5) is 0. The summed E-state index contributed by atoms with van der Waals surface area (Å²) < 4.78 is 5.28. The number of aliphatic hydroxyl groups is 1. The molecule has 4 rings (SSSR count). The van der Waals surface area contributed by atoms with Gasteiger partial charge in [0.25, 0.3) is 0 Å². The van der Waals surface area contributed by atoms with E-state index in [0.29, 0.717) is 11.7 Å². The van der Waals surface area contributed by atoms with Crippen molar-refractivity contribution in [2.24, 2.45) is 5.41 Å². The van der Waals surface area contributed by atoms with Crippen LogP contribution in [0.3, 0.4) is 0 Å². The van der Waals surface area contributed by atoms with Crippen molar-refractivity contribution in [3.05, 3.63) is 35.4 Å². The number of hydrogen-bond donors (Lipinski definition) is 2. The number of phenols is 1. The van der Waals surface area contributed by atoms with Crippen molar-refractivity contribution in [1.82, 2.24) is 0 Å². The average molecular weight is 298 g/mol. The Morgan fingerprint density at radius 2 is 2.05 bits per heavy atom. The fourth-order valence-corrected chi connectivity index (χ4v) is 4.65. The molecule has 1 saturated carbocycles. The molecular weight excluding hydrogens is 276 g/mol. The predicted octanol–water partition coefficient (Wildman–Crippen LogP) is 3.74. The Hall–Kier alpha value is -1.74. The van der Waals surface area contributed by atoms with Crippen LogP contribution in [0.25, 0.3) is 10.8 Å². The molecule has 0 bridgehead atoms. The average Bonchev–Trinajstić information content (AvgIpc) is 2.82. The van der Waals surface area contributed by atoms with Crippen molar-refractivity contribution in [3.63, 3.8) is 0 Å². The Morgan fingerprint density at radius 1 is 1.23 bits per heavy atom. The number of benzene rings is 2. The normalized spacial score (nSPS) is 30.1. The van der Waals surface area contributed by atoms with E-state index in [9.17, 15) is 10.2 Å². The van der Waals surface area contributed by atoms with E-state index in [2.05, 4.69) is 19.1 Å². The summed E-state index contributed by atoms with van der Waals surface area (Å²) in [6.07, 6.45) is 3.78. The molecule has 0 radical (unpaired) electrons. The lowest BCUT2D eigenvalue weighted by Crippen LogP contribution is -2.35. The summed E-state index contributed by atoms with van der Waals surface area (Å²) in [5.74, 6) is 1.16. The second-order valence-electron chi connectivity index (χ2n) is 7.03. The van der Waals surface area contributed by atoms with Crippen molar-refractivity contribution in [3.8, 4) is 11.5 Å². The Kier molecular flexibility index (Phi) is 2.92. The summed E-state index contributed by atoms with van der Waals surface area (Å²) in [5, 5.41) is 22.6. The van der Waals surface area contributed by atoms with Crippen molar-refractivity contribution in [2.75, 3.05) is 7.11 Å². The molecule has 0 spiro atoms. The third kappa shape index (κ3) is 1.72. The molecule has 2 aromatic rings. The van der Waals surface area contributed by atoms with Gasteiger partial charge in [-0.05, 0) is 65.6 Å². The molecule has 22 heavy (non-hydrogen) atoms. The summed E-state index contributed by atoms with van der Waals surface area (Å²) in [5.41, 5.74) is 2.76. The lowest BCUT2D eigenvalue weighted by Gasteiger charge is -2.40. The van der Waals surface area contributed by atoms with E-state index in [-0.39, 0.29) is 17.3 Å². The van der Waals surface area contributed by atoms with Gasteiger partial charge in [-0.15, -0.1) is 0 Å². The van der Waals surface area contributed by atoms with Crippen LogP contribution < -0.4 is 4.74 Å². The molecule has 0 unspecified atom stereocenters. The van der Waals surface area contributed by atoms with Gasteiger partial charge in [-0.1, -0.05) is 19.1 Å². The quantitative estimate of drug-likeness (QED) is 0.843. The standard InChI is InChI=1S/C19H22O3/c1-19-8-7-12-13(15(19)5-6-18(19)21)4-3-11-9-16(20)17(22-2)10-14(11)12/h3-4,9-10,15,18,20-21H,5-8H2,1-2H3/t15-,18-,19-/m0/s1. The molecule has 2 aliphatic rings. The van der Waals surface area contributed by atoms with Gasteiger partial charge in [-0.3, -0.25) is 0 Å². The van der Waals surface area contributed by atoms with Crippen LogP contribution in [0.5, 0.6) is 11.5 Å². The van der Waals surface area contributed by atoms with E-state index < -0.39 is 0 Å². The Bertz CT molecular complexity index is 752. The Labute approximate surface area is 130 Å². The van der Waals surface area contributed by atoms with Crippen LogP contribution in [0, 0.1) is 5.41 Å². The molecule has 0 aromatic heterocycles. The van der Waals surface area contributed by atoms with E-state index in [0.717, 1.165) is 31.1 Å². The Balaban J connectivity index is 1.93. The first-order valence-corrected chi connectivity index (χ1v) is 8.05. The number of fused-ring (bicyclic) bond motifs is 5. The zero-order chi connectivity index (χ0) is 15.5. The lowest BCUT2D eigenvalue weighted by atomic mass is 9.65. The largest absolute Gasteiger partial charge is 0.504 e. The summed E-state index contributed by atoms with van der Waals surface area (Å²) in [7, 11) is 1.58. The molecule has 3 heteroatoms. The molecule has 1 fully saturated rings. The van der Waals surface area contributed by atoms with Crippen LogP contribution in [-0.2, 0) is 6.42 Å². The van der Waals surface area contributed by atoms with Gasteiger partial charge < -0.3 is 14.9 Å². The number of aliphatic hydroxyl groups excluding tert-OH is 1. The van der Waals surface area contributed by atoms with Gasteiger partial charge in [0.2, 0.25) is 0 Å². The fraction of sp³-hybridized carbons (Fsp3) is 0.474. The van der Waals surface area contributed by atoms with E-state index in [1.54, 1.807) is 13.2 Å². The van der Waals surface area contributed by atoms with Crippen LogP contribution in [0.2, 0.25) is 0 Å². The van der Waals surface area contributed by atoms with Crippen molar-refractivity contribution >= 4 is 10.8 Å². The first kappa shape index (κ1) is 13.9. The molecule has 2 N–H and O–H groups in total. The van der Waals surface area contributed by atoms with Gasteiger partial charge in [0.1, 0.15) is 0 Å². The first-order chi connectivity index (χ1) is 10.5. The van der Waals surface area contributed by atoms with Crippen LogP contribution in [0.1, 0.15) is 43.2 Å². The lowest BCUT2D eigenvalue weighted by molar-refractivity contribution is 0.0459. The minimum Gasteiger partial charge on any atom is -0.504 e. The Morgan fingerprint density at radius 3 is 2.82 bits per heavy atom. The molecule has 0 saturated heterocycles. The zero-order valence-electron chi connectivity index (χ0n) is 13.1. The first-order valence-electron chi connectivity index (χ1n) is 8.05. The molecule has 3 nitrogen and oxygen atoms in total. The SMILES string of the molecule is COc1cc2c3c(ccc2cc1O)[C@@H]1CC[C@H](O)[C@@]1(C)CC3. The van der Waals surface area contributed by atoms with Gasteiger partial charge in [0.15, 0.2) is 11.5 Å². The number of methoxy groups -OCH3 is 1. The number of ether oxygens (including phenoxy) is 1. The number of aromatic hydroxyl groups is 1.